The number of amides is 1. The summed E-state index contributed by atoms with van der Waals surface area (Å²) < 4.78 is 26.6. The van der Waals surface area contributed by atoms with Crippen molar-refractivity contribution in [3.63, 3.8) is 0 Å². The minimum absolute atomic E-state index is 0. The average Bonchev–Trinajstić information content (AvgIpc) is 2.52. The molecule has 1 fully saturated rings. The molecule has 6 heteroatoms. The van der Waals surface area contributed by atoms with Crippen LogP contribution in [0.25, 0.3) is 0 Å². The maximum absolute atomic E-state index is 13.5. The summed E-state index contributed by atoms with van der Waals surface area (Å²) in [5, 5.41) is 6.34. The van der Waals surface area contributed by atoms with Gasteiger partial charge in [-0.1, -0.05) is 19.9 Å². The van der Waals surface area contributed by atoms with E-state index in [1.807, 2.05) is 13.8 Å². The fraction of sp³-hybridized carbons (Fsp3) is 0.588. The molecule has 2 rings (SSSR count). The minimum atomic E-state index is -0.838. The average molecular weight is 347 g/mol. The Hall–Kier alpha value is -1.20. The van der Waals surface area contributed by atoms with Crippen LogP contribution in [0.4, 0.5) is 8.78 Å². The van der Waals surface area contributed by atoms with Gasteiger partial charge < -0.3 is 10.6 Å². The standard InChI is InChI=1S/C17H24F2N2O.ClH/c1-3-11(4-2)17(22)21-16-10-20-8-7-13(16)12-5-6-14(18)15(19)9-12;/h5-6,9,11,13,16,20H,3-4,7-8,10H2,1-2H3,(H,21,22);1H. The SMILES string of the molecule is CCC(CC)C(=O)NC1CNCCC1c1ccc(F)c(F)c1.Cl. The van der Waals surface area contributed by atoms with E-state index in [9.17, 15) is 13.6 Å². The number of hydrogen-bond donors (Lipinski definition) is 2. The quantitative estimate of drug-likeness (QED) is 0.858. The van der Waals surface area contributed by atoms with Crippen molar-refractivity contribution in [2.75, 3.05) is 13.1 Å². The number of nitrogens with one attached hydrogen (secondary N) is 2. The topological polar surface area (TPSA) is 41.1 Å². The number of halogens is 3. The summed E-state index contributed by atoms with van der Waals surface area (Å²) >= 11 is 0. The van der Waals surface area contributed by atoms with Gasteiger partial charge in [-0.2, -0.15) is 0 Å². The molecule has 3 nitrogen and oxygen atoms in total. The zero-order chi connectivity index (χ0) is 16.1. The molecule has 0 radical (unpaired) electrons. The molecule has 1 aliphatic heterocycles. The van der Waals surface area contributed by atoms with Crippen molar-refractivity contribution in [2.45, 2.75) is 45.1 Å². The molecule has 23 heavy (non-hydrogen) atoms. The third kappa shape index (κ3) is 4.88. The molecule has 2 unspecified atom stereocenters. The van der Waals surface area contributed by atoms with E-state index < -0.39 is 11.6 Å². The Morgan fingerprint density at radius 2 is 2.00 bits per heavy atom. The number of carbonyl (C=O) groups is 1. The van der Waals surface area contributed by atoms with E-state index in [0.717, 1.165) is 37.4 Å². The predicted octanol–water partition coefficient (Wildman–Crippen LogP) is 3.38. The molecule has 2 atom stereocenters. The van der Waals surface area contributed by atoms with Gasteiger partial charge in [0, 0.05) is 24.4 Å². The van der Waals surface area contributed by atoms with Gasteiger partial charge in [0.25, 0.3) is 0 Å². The van der Waals surface area contributed by atoms with Gasteiger partial charge in [-0.05, 0) is 43.5 Å². The third-order valence-corrected chi connectivity index (χ3v) is 4.54. The van der Waals surface area contributed by atoms with Gasteiger partial charge in [-0.3, -0.25) is 4.79 Å². The highest BCUT2D eigenvalue weighted by molar-refractivity contribution is 5.85. The van der Waals surface area contributed by atoms with Gasteiger partial charge in [0.2, 0.25) is 5.91 Å². The minimum Gasteiger partial charge on any atom is -0.351 e. The molecule has 0 saturated carbocycles. The van der Waals surface area contributed by atoms with Crippen LogP contribution >= 0.6 is 12.4 Å². The molecule has 0 aliphatic carbocycles. The fourth-order valence-corrected chi connectivity index (χ4v) is 3.11. The van der Waals surface area contributed by atoms with Crippen LogP contribution in [-0.2, 0) is 4.79 Å². The smallest absolute Gasteiger partial charge is 0.223 e. The van der Waals surface area contributed by atoms with Crippen LogP contribution in [0.1, 0.15) is 44.6 Å². The fourth-order valence-electron chi connectivity index (χ4n) is 3.11. The Labute approximate surface area is 142 Å². The summed E-state index contributed by atoms with van der Waals surface area (Å²) in [6.45, 7) is 5.45. The van der Waals surface area contributed by atoms with Crippen molar-refractivity contribution in [2.24, 2.45) is 5.92 Å². The molecule has 1 heterocycles. The summed E-state index contributed by atoms with van der Waals surface area (Å²) in [6, 6.07) is 3.94. The maximum atomic E-state index is 13.5. The molecule has 2 N–H and O–H groups in total. The molecular formula is C17H25ClF2N2O. The Kier molecular flexibility index (Phi) is 7.92. The predicted molar refractivity (Wildman–Crippen MR) is 89.8 cm³/mol. The first-order valence-corrected chi connectivity index (χ1v) is 8.02. The zero-order valence-electron chi connectivity index (χ0n) is 13.6. The molecule has 1 aromatic rings. The molecule has 0 spiro atoms. The third-order valence-electron chi connectivity index (χ3n) is 4.54. The van der Waals surface area contributed by atoms with E-state index in [1.54, 1.807) is 6.07 Å². The van der Waals surface area contributed by atoms with Gasteiger partial charge in [-0.15, -0.1) is 12.4 Å². The van der Waals surface area contributed by atoms with Gasteiger partial charge >= 0.3 is 0 Å². The first kappa shape index (κ1) is 19.8. The number of piperidine rings is 1. The molecule has 1 amide bonds. The highest BCUT2D eigenvalue weighted by atomic mass is 35.5. The second kappa shape index (κ2) is 9.18. The van der Waals surface area contributed by atoms with Crippen LogP contribution in [0.5, 0.6) is 0 Å². The summed E-state index contributed by atoms with van der Waals surface area (Å²) in [4.78, 5) is 12.3. The van der Waals surface area contributed by atoms with Crippen LogP contribution in [-0.4, -0.2) is 25.0 Å². The van der Waals surface area contributed by atoms with Crippen LogP contribution in [0.2, 0.25) is 0 Å². The van der Waals surface area contributed by atoms with Crippen molar-refractivity contribution < 1.29 is 13.6 Å². The van der Waals surface area contributed by atoms with E-state index in [-0.39, 0.29) is 36.2 Å². The van der Waals surface area contributed by atoms with Crippen molar-refractivity contribution in [3.05, 3.63) is 35.4 Å². The second-order valence-corrected chi connectivity index (χ2v) is 5.90. The second-order valence-electron chi connectivity index (χ2n) is 5.90. The van der Waals surface area contributed by atoms with Crippen molar-refractivity contribution in [3.8, 4) is 0 Å². The number of benzene rings is 1. The lowest BCUT2D eigenvalue weighted by Crippen LogP contribution is -2.51. The van der Waals surface area contributed by atoms with E-state index >= 15 is 0 Å². The van der Waals surface area contributed by atoms with Gasteiger partial charge in [0.1, 0.15) is 0 Å². The molecule has 1 aliphatic rings. The lowest BCUT2D eigenvalue weighted by molar-refractivity contribution is -0.126. The van der Waals surface area contributed by atoms with Crippen molar-refractivity contribution >= 4 is 18.3 Å². The van der Waals surface area contributed by atoms with Crippen molar-refractivity contribution in [1.82, 2.24) is 10.6 Å². The van der Waals surface area contributed by atoms with Crippen LogP contribution < -0.4 is 10.6 Å². The lowest BCUT2D eigenvalue weighted by atomic mass is 9.85. The first-order valence-electron chi connectivity index (χ1n) is 8.02. The molecule has 1 saturated heterocycles. The lowest BCUT2D eigenvalue weighted by Gasteiger charge is -2.34. The monoisotopic (exact) mass is 346 g/mol. The Morgan fingerprint density at radius 1 is 1.30 bits per heavy atom. The zero-order valence-corrected chi connectivity index (χ0v) is 14.4. The number of rotatable bonds is 5. The molecular weight excluding hydrogens is 322 g/mol. The maximum Gasteiger partial charge on any atom is 0.223 e. The highest BCUT2D eigenvalue weighted by Gasteiger charge is 2.29. The Balaban J connectivity index is 0.00000264. The van der Waals surface area contributed by atoms with Crippen LogP contribution in [0, 0.1) is 17.6 Å². The molecule has 1 aromatic carbocycles. The van der Waals surface area contributed by atoms with Crippen molar-refractivity contribution in [1.29, 1.82) is 0 Å². The summed E-state index contributed by atoms with van der Waals surface area (Å²) in [7, 11) is 0. The largest absolute Gasteiger partial charge is 0.351 e. The summed E-state index contributed by atoms with van der Waals surface area (Å²) in [6.07, 6.45) is 2.40. The highest BCUT2D eigenvalue weighted by Crippen LogP contribution is 2.27. The molecule has 0 bridgehead atoms. The Bertz CT molecular complexity index is 523. The van der Waals surface area contributed by atoms with Gasteiger partial charge in [0.15, 0.2) is 11.6 Å². The first-order chi connectivity index (χ1) is 10.6. The summed E-state index contributed by atoms with van der Waals surface area (Å²) in [5.74, 6) is -1.61. The van der Waals surface area contributed by atoms with Gasteiger partial charge in [0.05, 0.1) is 0 Å². The van der Waals surface area contributed by atoms with E-state index in [0.29, 0.717) is 6.54 Å². The normalized spacial score (nSPS) is 20.9. The van der Waals surface area contributed by atoms with Crippen LogP contribution in [0.3, 0.4) is 0 Å². The van der Waals surface area contributed by atoms with Crippen LogP contribution in [0.15, 0.2) is 18.2 Å². The molecule has 0 aromatic heterocycles. The number of hydrogen-bond acceptors (Lipinski definition) is 2. The molecule has 130 valence electrons. The van der Waals surface area contributed by atoms with E-state index in [4.69, 9.17) is 0 Å². The summed E-state index contributed by atoms with van der Waals surface area (Å²) in [5.41, 5.74) is 0.746. The van der Waals surface area contributed by atoms with Gasteiger partial charge in [-0.25, -0.2) is 8.78 Å². The number of carbonyl (C=O) groups excluding carboxylic acids is 1. The van der Waals surface area contributed by atoms with E-state index in [2.05, 4.69) is 10.6 Å². The Morgan fingerprint density at radius 3 is 2.61 bits per heavy atom. The van der Waals surface area contributed by atoms with E-state index in [1.165, 1.54) is 6.07 Å².